The Morgan fingerprint density at radius 3 is 2.09 bits per heavy atom. The van der Waals surface area contributed by atoms with Gasteiger partial charge in [-0.05, 0) is 38.1 Å². The van der Waals surface area contributed by atoms with E-state index in [9.17, 15) is 0 Å². The summed E-state index contributed by atoms with van der Waals surface area (Å²) in [6.07, 6.45) is 0. The molecular weight excluding hydrogens is 298 g/mol. The minimum Gasteiger partial charge on any atom is -0.366 e. The molecule has 5 nitrogen and oxygen atoms in total. The predicted octanol–water partition coefficient (Wildman–Crippen LogP) is 3.45. The highest BCUT2D eigenvalue weighted by Gasteiger charge is 2.13. The number of pyridine rings is 1. The van der Waals surface area contributed by atoms with Crippen molar-refractivity contribution >= 4 is 17.5 Å². The number of halogens is 1. The fourth-order valence-electron chi connectivity index (χ4n) is 2.31. The van der Waals surface area contributed by atoms with Gasteiger partial charge in [0.25, 0.3) is 0 Å². The summed E-state index contributed by atoms with van der Waals surface area (Å²) in [7, 11) is 0. The lowest BCUT2D eigenvalue weighted by Crippen LogP contribution is -2.03. The lowest BCUT2D eigenvalue weighted by molar-refractivity contribution is 0.994. The van der Waals surface area contributed by atoms with Gasteiger partial charge in [0.15, 0.2) is 0 Å². The van der Waals surface area contributed by atoms with Crippen LogP contribution in [-0.4, -0.2) is 20.2 Å². The molecule has 2 aromatic heterocycles. The second-order valence-corrected chi connectivity index (χ2v) is 5.45. The summed E-state index contributed by atoms with van der Waals surface area (Å²) in [4.78, 5) is 8.73. The Morgan fingerprint density at radius 1 is 0.818 bits per heavy atom. The van der Waals surface area contributed by atoms with Crippen LogP contribution in [0.1, 0.15) is 11.4 Å². The molecule has 3 aromatic rings. The second kappa shape index (κ2) is 5.69. The largest absolute Gasteiger partial charge is 0.366 e. The number of nitrogens with two attached hydrogens (primary N) is 1. The molecule has 0 amide bonds. The molecule has 3 rings (SSSR count). The molecule has 0 saturated carbocycles. The smallest absolute Gasteiger partial charge is 0.240 e. The lowest BCUT2D eigenvalue weighted by atomic mass is 10.0. The molecule has 0 spiro atoms. The molecule has 2 heterocycles. The molecule has 1 aromatic carbocycles. The number of hydrogen-bond acceptors (Lipinski definition) is 5. The van der Waals surface area contributed by atoms with E-state index in [1.54, 1.807) is 0 Å². The van der Waals surface area contributed by atoms with Crippen molar-refractivity contribution in [2.45, 2.75) is 13.8 Å². The van der Waals surface area contributed by atoms with Crippen molar-refractivity contribution in [2.24, 2.45) is 0 Å². The third-order valence-corrected chi connectivity index (χ3v) is 3.43. The Balaban J connectivity index is 2.22. The summed E-state index contributed by atoms with van der Waals surface area (Å²) < 4.78 is 0. The number of benzene rings is 1. The van der Waals surface area contributed by atoms with Crippen molar-refractivity contribution < 1.29 is 0 Å². The van der Waals surface area contributed by atoms with Crippen molar-refractivity contribution in [3.8, 4) is 22.5 Å². The normalized spacial score (nSPS) is 10.7. The van der Waals surface area contributed by atoms with E-state index in [1.807, 2.05) is 50.2 Å². The first-order valence-corrected chi connectivity index (χ1v) is 7.12. The van der Waals surface area contributed by atoms with Gasteiger partial charge in [-0.1, -0.05) is 23.7 Å². The summed E-state index contributed by atoms with van der Waals surface area (Å²) in [5.74, 6) is 0.135. The average Bonchev–Trinajstić information content (AvgIpc) is 2.47. The fourth-order valence-corrected chi connectivity index (χ4v) is 2.44. The number of nitrogens with zero attached hydrogens (tertiary/aromatic N) is 4. The van der Waals surface area contributed by atoms with Crippen LogP contribution in [0.3, 0.4) is 0 Å². The highest BCUT2D eigenvalue weighted by Crippen LogP contribution is 2.30. The molecule has 0 aliphatic rings. The standard InChI is InChI=1S/C16H14ClN5/c1-9-7-12(8-10(2)19-9)15-14(20-16(18)22-21-15)11-3-5-13(17)6-4-11/h3-8H,1-2H3,(H2,18,20,22). The topological polar surface area (TPSA) is 77.6 Å². The van der Waals surface area contributed by atoms with E-state index in [0.717, 1.165) is 22.5 Å². The van der Waals surface area contributed by atoms with E-state index >= 15 is 0 Å². The van der Waals surface area contributed by atoms with Crippen LogP contribution in [0.15, 0.2) is 36.4 Å². The van der Waals surface area contributed by atoms with Crippen LogP contribution in [0.2, 0.25) is 5.02 Å². The lowest BCUT2D eigenvalue weighted by Gasteiger charge is -2.09. The van der Waals surface area contributed by atoms with Gasteiger partial charge in [0.05, 0.1) is 0 Å². The molecule has 0 bridgehead atoms. The van der Waals surface area contributed by atoms with Gasteiger partial charge in [0.2, 0.25) is 5.95 Å². The van der Waals surface area contributed by atoms with E-state index in [1.165, 1.54) is 0 Å². The molecule has 0 radical (unpaired) electrons. The summed E-state index contributed by atoms with van der Waals surface area (Å²) in [5, 5.41) is 8.78. The summed E-state index contributed by atoms with van der Waals surface area (Å²) in [6, 6.07) is 11.3. The van der Waals surface area contributed by atoms with Gasteiger partial charge in [-0.2, -0.15) is 0 Å². The number of aryl methyl sites for hydroxylation is 2. The summed E-state index contributed by atoms with van der Waals surface area (Å²) >= 11 is 5.95. The molecule has 0 aliphatic carbocycles. The Morgan fingerprint density at radius 2 is 1.45 bits per heavy atom. The van der Waals surface area contributed by atoms with Crippen molar-refractivity contribution in [2.75, 3.05) is 5.73 Å². The first kappa shape index (κ1) is 14.4. The number of rotatable bonds is 2. The Hall–Kier alpha value is -2.53. The molecule has 22 heavy (non-hydrogen) atoms. The molecule has 6 heteroatoms. The van der Waals surface area contributed by atoms with Crippen molar-refractivity contribution in [3.63, 3.8) is 0 Å². The maximum atomic E-state index is 5.95. The van der Waals surface area contributed by atoms with Crippen LogP contribution < -0.4 is 5.73 Å². The molecular formula is C16H14ClN5. The van der Waals surface area contributed by atoms with Gasteiger partial charge < -0.3 is 5.73 Å². The number of anilines is 1. The fraction of sp³-hybridized carbons (Fsp3) is 0.125. The average molecular weight is 312 g/mol. The van der Waals surface area contributed by atoms with Crippen molar-refractivity contribution in [3.05, 3.63) is 52.8 Å². The quantitative estimate of drug-likeness (QED) is 0.784. The summed E-state index contributed by atoms with van der Waals surface area (Å²) in [5.41, 5.74) is 10.7. The molecule has 0 aliphatic heterocycles. The molecule has 110 valence electrons. The van der Waals surface area contributed by atoms with E-state index in [2.05, 4.69) is 20.2 Å². The molecule has 0 saturated heterocycles. The van der Waals surface area contributed by atoms with Crippen molar-refractivity contribution in [1.29, 1.82) is 0 Å². The summed E-state index contributed by atoms with van der Waals surface area (Å²) in [6.45, 7) is 3.88. The predicted molar refractivity (Wildman–Crippen MR) is 87.4 cm³/mol. The van der Waals surface area contributed by atoms with Crippen LogP contribution in [0.25, 0.3) is 22.5 Å². The van der Waals surface area contributed by atoms with Gasteiger partial charge in [0, 0.05) is 27.5 Å². The maximum absolute atomic E-state index is 5.95. The Kier molecular flexibility index (Phi) is 3.73. The molecule has 0 fully saturated rings. The number of nitrogen functional groups attached to an aromatic ring is 1. The second-order valence-electron chi connectivity index (χ2n) is 5.01. The van der Waals surface area contributed by atoms with Crippen LogP contribution in [-0.2, 0) is 0 Å². The third kappa shape index (κ3) is 2.89. The highest BCUT2D eigenvalue weighted by molar-refractivity contribution is 6.30. The first-order chi connectivity index (χ1) is 10.5. The maximum Gasteiger partial charge on any atom is 0.240 e. The SMILES string of the molecule is Cc1cc(-c2nnc(N)nc2-c2ccc(Cl)cc2)cc(C)n1. The van der Waals surface area contributed by atoms with Crippen LogP contribution in [0, 0.1) is 13.8 Å². The van der Waals surface area contributed by atoms with E-state index in [4.69, 9.17) is 17.3 Å². The van der Waals surface area contributed by atoms with Crippen molar-refractivity contribution in [1.82, 2.24) is 20.2 Å². The van der Waals surface area contributed by atoms with Crippen LogP contribution in [0.4, 0.5) is 5.95 Å². The zero-order chi connectivity index (χ0) is 15.7. The first-order valence-electron chi connectivity index (χ1n) is 6.75. The minimum atomic E-state index is 0.135. The van der Waals surface area contributed by atoms with Gasteiger partial charge in [-0.15, -0.1) is 10.2 Å². The Bertz CT molecular complexity index is 810. The number of aromatic nitrogens is 4. The van der Waals surface area contributed by atoms with Gasteiger partial charge in [0.1, 0.15) is 11.4 Å². The number of hydrogen-bond donors (Lipinski definition) is 1. The minimum absolute atomic E-state index is 0.135. The monoisotopic (exact) mass is 311 g/mol. The third-order valence-electron chi connectivity index (χ3n) is 3.18. The van der Waals surface area contributed by atoms with Gasteiger partial charge in [-0.3, -0.25) is 4.98 Å². The van der Waals surface area contributed by atoms with Gasteiger partial charge in [-0.25, -0.2) is 4.98 Å². The Labute approximate surface area is 133 Å². The molecule has 2 N–H and O–H groups in total. The van der Waals surface area contributed by atoms with Gasteiger partial charge >= 0.3 is 0 Å². The molecule has 0 unspecified atom stereocenters. The van der Waals surface area contributed by atoms with E-state index in [0.29, 0.717) is 16.4 Å². The van der Waals surface area contributed by atoms with Crippen LogP contribution >= 0.6 is 11.6 Å². The van der Waals surface area contributed by atoms with E-state index in [-0.39, 0.29) is 5.95 Å². The zero-order valence-corrected chi connectivity index (χ0v) is 13.0. The molecule has 0 atom stereocenters. The zero-order valence-electron chi connectivity index (χ0n) is 12.2. The highest BCUT2D eigenvalue weighted by atomic mass is 35.5. The van der Waals surface area contributed by atoms with E-state index < -0.39 is 0 Å². The van der Waals surface area contributed by atoms with Crippen LogP contribution in [0.5, 0.6) is 0 Å².